The largest absolute Gasteiger partial charge is 0.481 e. The fourth-order valence-electron chi connectivity index (χ4n) is 1.64. The molecule has 0 fully saturated rings. The smallest absolute Gasteiger partial charge is 0.260 e. The molecule has 0 saturated carbocycles. The molecule has 4 heteroatoms. The molecule has 1 atom stereocenters. The molecule has 0 aliphatic carbocycles. The zero-order chi connectivity index (χ0) is 14.1. The summed E-state index contributed by atoms with van der Waals surface area (Å²) in [4.78, 5) is 13.0. The molecule has 1 unspecified atom stereocenters. The van der Waals surface area contributed by atoms with E-state index in [9.17, 15) is 4.79 Å². The Kier molecular flexibility index (Phi) is 7.41. The van der Waals surface area contributed by atoms with Gasteiger partial charge in [-0.1, -0.05) is 19.8 Å². The van der Waals surface area contributed by atoms with Crippen molar-refractivity contribution in [2.75, 3.05) is 12.8 Å². The van der Waals surface area contributed by atoms with Crippen LogP contribution in [0.4, 0.5) is 0 Å². The molecule has 19 heavy (non-hydrogen) atoms. The van der Waals surface area contributed by atoms with Crippen LogP contribution < -0.4 is 10.1 Å². The molecule has 3 nitrogen and oxygen atoms in total. The third-order valence-electron chi connectivity index (χ3n) is 2.82. The summed E-state index contributed by atoms with van der Waals surface area (Å²) in [5.41, 5.74) is 0. The van der Waals surface area contributed by atoms with Crippen LogP contribution in [-0.2, 0) is 4.79 Å². The fraction of sp³-hybridized carbons (Fsp3) is 0.533. The number of carbonyl (C=O) groups is 1. The molecule has 0 saturated heterocycles. The summed E-state index contributed by atoms with van der Waals surface area (Å²) in [5.74, 6) is 0.680. The van der Waals surface area contributed by atoms with Crippen molar-refractivity contribution < 1.29 is 9.53 Å². The van der Waals surface area contributed by atoms with E-state index in [-0.39, 0.29) is 5.91 Å². The zero-order valence-electron chi connectivity index (χ0n) is 11.9. The van der Waals surface area contributed by atoms with Gasteiger partial charge in [0.15, 0.2) is 6.10 Å². The first-order chi connectivity index (χ1) is 9.17. The highest BCUT2D eigenvalue weighted by molar-refractivity contribution is 7.98. The minimum Gasteiger partial charge on any atom is -0.481 e. The lowest BCUT2D eigenvalue weighted by Gasteiger charge is -2.14. The number of rotatable bonds is 8. The molecule has 1 rings (SSSR count). The quantitative estimate of drug-likeness (QED) is 0.585. The number of carbonyl (C=O) groups excluding carboxylic acids is 1. The van der Waals surface area contributed by atoms with E-state index >= 15 is 0 Å². The van der Waals surface area contributed by atoms with Crippen LogP contribution in [0.3, 0.4) is 0 Å². The highest BCUT2D eigenvalue weighted by Gasteiger charge is 2.13. The Morgan fingerprint density at radius 3 is 2.58 bits per heavy atom. The van der Waals surface area contributed by atoms with Crippen molar-refractivity contribution in [3.8, 4) is 5.75 Å². The van der Waals surface area contributed by atoms with E-state index in [4.69, 9.17) is 4.74 Å². The summed E-state index contributed by atoms with van der Waals surface area (Å²) < 4.78 is 5.61. The molecule has 106 valence electrons. The van der Waals surface area contributed by atoms with Crippen LogP contribution in [0.2, 0.25) is 0 Å². The zero-order valence-corrected chi connectivity index (χ0v) is 12.8. The second-order valence-corrected chi connectivity index (χ2v) is 5.31. The van der Waals surface area contributed by atoms with E-state index in [1.54, 1.807) is 18.7 Å². The Balaban J connectivity index is 2.35. The van der Waals surface area contributed by atoms with E-state index in [2.05, 4.69) is 12.2 Å². The molecule has 1 N–H and O–H groups in total. The number of thioether (sulfide) groups is 1. The van der Waals surface area contributed by atoms with E-state index in [1.807, 2.05) is 30.5 Å². The van der Waals surface area contributed by atoms with Gasteiger partial charge in [-0.25, -0.2) is 0 Å². The monoisotopic (exact) mass is 281 g/mol. The van der Waals surface area contributed by atoms with Crippen molar-refractivity contribution >= 4 is 17.7 Å². The van der Waals surface area contributed by atoms with Gasteiger partial charge in [-0.2, -0.15) is 0 Å². The van der Waals surface area contributed by atoms with Crippen molar-refractivity contribution in [2.45, 2.75) is 44.1 Å². The minimum absolute atomic E-state index is 0.0509. The molecule has 1 aromatic carbocycles. The van der Waals surface area contributed by atoms with Gasteiger partial charge in [0.25, 0.3) is 5.91 Å². The third-order valence-corrected chi connectivity index (χ3v) is 3.56. The predicted octanol–water partition coefficient (Wildman–Crippen LogP) is 3.48. The number of nitrogens with one attached hydrogen (secondary N) is 1. The summed E-state index contributed by atoms with van der Waals surface area (Å²) in [7, 11) is 0. The first kappa shape index (κ1) is 15.9. The van der Waals surface area contributed by atoms with E-state index in [1.165, 1.54) is 4.90 Å². The number of benzene rings is 1. The number of hydrogen-bond acceptors (Lipinski definition) is 3. The maximum atomic E-state index is 11.8. The van der Waals surface area contributed by atoms with Crippen molar-refractivity contribution in [3.05, 3.63) is 24.3 Å². The van der Waals surface area contributed by atoms with E-state index in [0.29, 0.717) is 0 Å². The Morgan fingerprint density at radius 1 is 1.32 bits per heavy atom. The third kappa shape index (κ3) is 6.01. The topological polar surface area (TPSA) is 38.3 Å². The maximum Gasteiger partial charge on any atom is 0.260 e. The number of amides is 1. The normalized spacial score (nSPS) is 11.9. The molecule has 1 amide bonds. The van der Waals surface area contributed by atoms with Crippen molar-refractivity contribution in [3.63, 3.8) is 0 Å². The van der Waals surface area contributed by atoms with Crippen molar-refractivity contribution in [1.82, 2.24) is 5.32 Å². The predicted molar refractivity (Wildman–Crippen MR) is 80.8 cm³/mol. The summed E-state index contributed by atoms with van der Waals surface area (Å²) in [6.07, 6.45) is 4.90. The molecule has 0 aliphatic rings. The van der Waals surface area contributed by atoms with Crippen LogP contribution in [0, 0.1) is 0 Å². The second-order valence-electron chi connectivity index (χ2n) is 4.43. The molecule has 0 bridgehead atoms. The number of unbranched alkanes of at least 4 members (excludes halogenated alkanes) is 2. The summed E-state index contributed by atoms with van der Waals surface area (Å²) in [6, 6.07) is 7.77. The Morgan fingerprint density at radius 2 is 2.00 bits per heavy atom. The average Bonchev–Trinajstić information content (AvgIpc) is 2.44. The summed E-state index contributed by atoms with van der Waals surface area (Å²) >= 11 is 1.68. The SMILES string of the molecule is CCCCCNC(=O)C(C)Oc1ccc(SC)cc1. The average molecular weight is 281 g/mol. The summed E-state index contributed by atoms with van der Waals surface area (Å²) in [5, 5.41) is 2.89. The lowest BCUT2D eigenvalue weighted by atomic mass is 10.2. The van der Waals surface area contributed by atoms with Gasteiger partial charge in [0.05, 0.1) is 0 Å². The highest BCUT2D eigenvalue weighted by Crippen LogP contribution is 2.19. The van der Waals surface area contributed by atoms with Crippen LogP contribution in [0.5, 0.6) is 5.75 Å². The molecular weight excluding hydrogens is 258 g/mol. The van der Waals surface area contributed by atoms with Gasteiger partial charge in [0.1, 0.15) is 5.75 Å². The Hall–Kier alpha value is -1.16. The number of hydrogen-bond donors (Lipinski definition) is 1. The van der Waals surface area contributed by atoms with Crippen molar-refractivity contribution in [1.29, 1.82) is 0 Å². The molecular formula is C15H23NO2S. The van der Waals surface area contributed by atoms with Gasteiger partial charge in [-0.3, -0.25) is 4.79 Å². The molecule has 0 spiro atoms. The van der Waals surface area contributed by atoms with Crippen LogP contribution in [-0.4, -0.2) is 24.8 Å². The highest BCUT2D eigenvalue weighted by atomic mass is 32.2. The van der Waals surface area contributed by atoms with Gasteiger partial charge < -0.3 is 10.1 Å². The Labute approximate surface area is 120 Å². The molecule has 0 radical (unpaired) electrons. The standard InChI is InChI=1S/C15H23NO2S/c1-4-5-6-11-16-15(17)12(2)18-13-7-9-14(19-3)10-8-13/h7-10,12H,4-6,11H2,1-3H3,(H,16,17). The molecule has 0 heterocycles. The minimum atomic E-state index is -0.457. The maximum absolute atomic E-state index is 11.8. The molecule has 0 aromatic heterocycles. The van der Waals surface area contributed by atoms with Gasteiger partial charge in [-0.05, 0) is 43.9 Å². The van der Waals surface area contributed by atoms with Crippen LogP contribution in [0.25, 0.3) is 0 Å². The van der Waals surface area contributed by atoms with Crippen LogP contribution >= 0.6 is 11.8 Å². The van der Waals surface area contributed by atoms with E-state index in [0.717, 1.165) is 31.6 Å². The first-order valence-electron chi connectivity index (χ1n) is 6.75. The lowest BCUT2D eigenvalue weighted by molar-refractivity contribution is -0.127. The summed E-state index contributed by atoms with van der Waals surface area (Å²) in [6.45, 7) is 4.65. The lowest BCUT2D eigenvalue weighted by Crippen LogP contribution is -2.36. The van der Waals surface area contributed by atoms with Gasteiger partial charge >= 0.3 is 0 Å². The fourth-order valence-corrected chi connectivity index (χ4v) is 2.05. The molecule has 0 aliphatic heterocycles. The number of ether oxygens (including phenoxy) is 1. The van der Waals surface area contributed by atoms with E-state index < -0.39 is 6.10 Å². The van der Waals surface area contributed by atoms with Gasteiger partial charge in [0, 0.05) is 11.4 Å². The Bertz CT molecular complexity index is 378. The van der Waals surface area contributed by atoms with Crippen LogP contribution in [0.15, 0.2) is 29.2 Å². The van der Waals surface area contributed by atoms with Crippen LogP contribution in [0.1, 0.15) is 33.1 Å². The van der Waals surface area contributed by atoms with Gasteiger partial charge in [0.2, 0.25) is 0 Å². The first-order valence-corrected chi connectivity index (χ1v) is 7.98. The molecule has 1 aromatic rings. The van der Waals surface area contributed by atoms with Gasteiger partial charge in [-0.15, -0.1) is 11.8 Å². The second kappa shape index (κ2) is 8.86. The van der Waals surface area contributed by atoms with Crippen molar-refractivity contribution in [2.24, 2.45) is 0 Å².